The van der Waals surface area contributed by atoms with Crippen molar-refractivity contribution >= 4 is 29.6 Å². The summed E-state index contributed by atoms with van der Waals surface area (Å²) in [7, 11) is 0. The van der Waals surface area contributed by atoms with Crippen LogP contribution in [0.3, 0.4) is 0 Å². The third kappa shape index (κ3) is 3.32. The number of amides is 3. The van der Waals surface area contributed by atoms with Gasteiger partial charge >= 0.3 is 18.0 Å². The average molecular weight is 361 g/mol. The number of piperidine rings is 1. The van der Waals surface area contributed by atoms with Gasteiger partial charge in [-0.3, -0.25) is 9.59 Å². The van der Waals surface area contributed by atoms with Gasteiger partial charge in [-0.25, -0.2) is 9.59 Å². The average Bonchev–Trinajstić information content (AvgIpc) is 2.92. The van der Waals surface area contributed by atoms with E-state index in [1.54, 1.807) is 4.90 Å². The molecule has 3 rings (SSSR count). The third-order valence-electron chi connectivity index (χ3n) is 5.07. The van der Waals surface area contributed by atoms with Gasteiger partial charge < -0.3 is 25.7 Å². The molecule has 3 amide bonds. The van der Waals surface area contributed by atoms with Crippen molar-refractivity contribution in [3.8, 4) is 0 Å². The van der Waals surface area contributed by atoms with Gasteiger partial charge in [0.05, 0.1) is 17.0 Å². The van der Waals surface area contributed by atoms with Crippen LogP contribution in [0.2, 0.25) is 0 Å². The fourth-order valence-corrected chi connectivity index (χ4v) is 3.60. The normalized spacial score (nSPS) is 21.3. The van der Waals surface area contributed by atoms with Crippen LogP contribution in [0.15, 0.2) is 24.3 Å². The lowest BCUT2D eigenvalue weighted by Gasteiger charge is -2.41. The van der Waals surface area contributed by atoms with Crippen molar-refractivity contribution in [2.45, 2.75) is 24.8 Å². The molecule has 0 aromatic heterocycles. The summed E-state index contributed by atoms with van der Waals surface area (Å²) in [5.41, 5.74) is -0.194. The highest BCUT2D eigenvalue weighted by Gasteiger charge is 2.52. The Morgan fingerprint density at radius 3 is 2.27 bits per heavy atom. The van der Waals surface area contributed by atoms with Crippen LogP contribution in [-0.4, -0.2) is 57.6 Å². The minimum absolute atomic E-state index is 0.0303. The van der Waals surface area contributed by atoms with Gasteiger partial charge in [0.25, 0.3) is 0 Å². The van der Waals surface area contributed by atoms with Crippen LogP contribution in [0, 0.1) is 5.92 Å². The Bertz CT molecular complexity index is 752. The molecule has 2 heterocycles. The lowest BCUT2D eigenvalue weighted by molar-refractivity contribution is -0.144. The Morgan fingerprint density at radius 1 is 1.12 bits per heavy atom. The van der Waals surface area contributed by atoms with Crippen molar-refractivity contribution in [1.29, 1.82) is 0 Å². The van der Waals surface area contributed by atoms with Crippen LogP contribution in [0.25, 0.3) is 0 Å². The number of likely N-dealkylation sites (tertiary alicyclic amines) is 1. The monoisotopic (exact) mass is 361 g/mol. The molecule has 0 aliphatic carbocycles. The molecule has 0 radical (unpaired) electrons. The fourth-order valence-electron chi connectivity index (χ4n) is 3.60. The Balaban J connectivity index is 1.61. The Hall–Kier alpha value is -3.10. The highest BCUT2D eigenvalue weighted by Crippen LogP contribution is 2.37. The van der Waals surface area contributed by atoms with Crippen molar-refractivity contribution in [3.63, 3.8) is 0 Å². The summed E-state index contributed by atoms with van der Waals surface area (Å²) >= 11 is 0. The van der Waals surface area contributed by atoms with Gasteiger partial charge in [0.15, 0.2) is 0 Å². The number of carboxylic acid groups (broad SMARTS) is 2. The van der Waals surface area contributed by atoms with E-state index in [9.17, 15) is 24.3 Å². The molecule has 2 saturated heterocycles. The van der Waals surface area contributed by atoms with Crippen molar-refractivity contribution in [3.05, 3.63) is 29.8 Å². The number of aromatic carboxylic acids is 1. The van der Waals surface area contributed by atoms with Crippen LogP contribution in [0.1, 0.15) is 29.6 Å². The quantitative estimate of drug-likeness (QED) is 0.633. The standard InChI is InChI=1S/C17H19N3O6/c21-13-9-12(15(24)25)17(19-13)5-7-20(8-6-17)16(26)18-11-3-1-10(2-4-11)14(22)23/h1-4,12H,5-9H2,(H,18,26)(H,19,21)(H,22,23)(H,24,25)/t12-/m0/s1. The summed E-state index contributed by atoms with van der Waals surface area (Å²) in [6, 6.07) is 5.46. The Labute approximate surface area is 149 Å². The van der Waals surface area contributed by atoms with E-state index < -0.39 is 23.4 Å². The van der Waals surface area contributed by atoms with Crippen molar-refractivity contribution < 1.29 is 29.4 Å². The predicted molar refractivity (Wildman–Crippen MR) is 89.8 cm³/mol. The van der Waals surface area contributed by atoms with Crippen LogP contribution in [-0.2, 0) is 9.59 Å². The topological polar surface area (TPSA) is 136 Å². The molecule has 2 aliphatic rings. The number of urea groups is 1. The zero-order valence-electron chi connectivity index (χ0n) is 13.9. The molecule has 0 saturated carbocycles. The predicted octanol–water partition coefficient (Wildman–Crippen LogP) is 0.972. The smallest absolute Gasteiger partial charge is 0.335 e. The second-order valence-electron chi connectivity index (χ2n) is 6.60. The van der Waals surface area contributed by atoms with E-state index in [1.165, 1.54) is 24.3 Å². The second-order valence-corrected chi connectivity index (χ2v) is 6.60. The van der Waals surface area contributed by atoms with E-state index in [0.717, 1.165) is 0 Å². The molecule has 1 spiro atoms. The number of nitrogens with one attached hydrogen (secondary N) is 2. The van der Waals surface area contributed by atoms with Crippen molar-refractivity contribution in [2.75, 3.05) is 18.4 Å². The molecule has 26 heavy (non-hydrogen) atoms. The lowest BCUT2D eigenvalue weighted by Crippen LogP contribution is -2.57. The number of hydrogen-bond donors (Lipinski definition) is 4. The maximum absolute atomic E-state index is 12.4. The molecule has 2 fully saturated rings. The first-order valence-electron chi connectivity index (χ1n) is 8.24. The summed E-state index contributed by atoms with van der Waals surface area (Å²) in [4.78, 5) is 47.8. The summed E-state index contributed by atoms with van der Waals surface area (Å²) < 4.78 is 0. The molecule has 0 unspecified atom stereocenters. The van der Waals surface area contributed by atoms with E-state index in [1.807, 2.05) is 0 Å². The summed E-state index contributed by atoms with van der Waals surface area (Å²) in [6.07, 6.45) is 0.722. The first-order chi connectivity index (χ1) is 12.3. The van der Waals surface area contributed by atoms with Gasteiger partial charge in [0, 0.05) is 25.2 Å². The number of anilines is 1. The number of hydrogen-bond acceptors (Lipinski definition) is 4. The SMILES string of the molecule is O=C1C[C@@H](C(=O)O)C2(CCN(C(=O)Nc3ccc(C(=O)O)cc3)CC2)N1. The number of carbonyl (C=O) groups is 4. The summed E-state index contributed by atoms with van der Waals surface area (Å²) in [5.74, 6) is -3.09. The van der Waals surface area contributed by atoms with Gasteiger partial charge in [-0.1, -0.05) is 0 Å². The maximum atomic E-state index is 12.4. The van der Waals surface area contributed by atoms with E-state index in [4.69, 9.17) is 5.11 Å². The van der Waals surface area contributed by atoms with Crippen LogP contribution < -0.4 is 10.6 Å². The Morgan fingerprint density at radius 2 is 1.73 bits per heavy atom. The summed E-state index contributed by atoms with van der Waals surface area (Å²) in [5, 5.41) is 23.7. The molecule has 1 aromatic rings. The molecular weight excluding hydrogens is 342 g/mol. The highest BCUT2D eigenvalue weighted by molar-refractivity contribution is 5.92. The molecule has 9 heteroatoms. The highest BCUT2D eigenvalue weighted by atomic mass is 16.4. The van der Waals surface area contributed by atoms with Gasteiger partial charge in [-0.2, -0.15) is 0 Å². The fraction of sp³-hybridized carbons (Fsp3) is 0.412. The third-order valence-corrected chi connectivity index (χ3v) is 5.07. The number of aliphatic carboxylic acids is 1. The molecular formula is C17H19N3O6. The van der Waals surface area contributed by atoms with Crippen molar-refractivity contribution in [2.24, 2.45) is 5.92 Å². The molecule has 4 N–H and O–H groups in total. The minimum Gasteiger partial charge on any atom is -0.481 e. The first-order valence-corrected chi connectivity index (χ1v) is 8.24. The van der Waals surface area contributed by atoms with Crippen LogP contribution in [0.5, 0.6) is 0 Å². The van der Waals surface area contributed by atoms with Gasteiger partial charge in [0.2, 0.25) is 5.91 Å². The largest absolute Gasteiger partial charge is 0.481 e. The van der Waals surface area contributed by atoms with Crippen LogP contribution in [0.4, 0.5) is 10.5 Å². The minimum atomic E-state index is -1.05. The summed E-state index contributed by atoms with van der Waals surface area (Å²) in [6.45, 7) is 0.645. The molecule has 138 valence electrons. The maximum Gasteiger partial charge on any atom is 0.335 e. The number of carboxylic acids is 2. The molecule has 9 nitrogen and oxygen atoms in total. The lowest BCUT2D eigenvalue weighted by atomic mass is 9.78. The molecule has 2 aliphatic heterocycles. The number of benzene rings is 1. The first kappa shape index (κ1) is 17.7. The molecule has 0 bridgehead atoms. The van der Waals surface area contributed by atoms with E-state index in [2.05, 4.69) is 10.6 Å². The second kappa shape index (κ2) is 6.66. The Kier molecular flexibility index (Phi) is 4.54. The van der Waals surface area contributed by atoms with Gasteiger partial charge in [0.1, 0.15) is 0 Å². The van der Waals surface area contributed by atoms with Gasteiger partial charge in [-0.05, 0) is 37.1 Å². The zero-order valence-corrected chi connectivity index (χ0v) is 13.9. The molecule has 1 atom stereocenters. The number of rotatable bonds is 3. The van der Waals surface area contributed by atoms with E-state index in [0.29, 0.717) is 31.6 Å². The van der Waals surface area contributed by atoms with Gasteiger partial charge in [-0.15, -0.1) is 0 Å². The number of nitrogens with zero attached hydrogens (tertiary/aromatic N) is 1. The van der Waals surface area contributed by atoms with E-state index >= 15 is 0 Å². The number of carbonyl (C=O) groups excluding carboxylic acids is 2. The van der Waals surface area contributed by atoms with Crippen LogP contribution >= 0.6 is 0 Å². The van der Waals surface area contributed by atoms with Crippen molar-refractivity contribution in [1.82, 2.24) is 10.2 Å². The zero-order chi connectivity index (χ0) is 18.9. The molecule has 1 aromatic carbocycles. The van der Waals surface area contributed by atoms with E-state index in [-0.39, 0.29) is 23.9 Å².